The van der Waals surface area contributed by atoms with Crippen LogP contribution in [-0.4, -0.2) is 51.1 Å². The number of carbonyl (C=O) groups excluding carboxylic acids is 2. The number of hydrogen-bond donors (Lipinski definition) is 1. The molecule has 2 heterocycles. The predicted molar refractivity (Wildman–Crippen MR) is 120 cm³/mol. The van der Waals surface area contributed by atoms with Gasteiger partial charge in [0.25, 0.3) is 5.91 Å². The number of piperidine rings is 1. The predicted octanol–water partition coefficient (Wildman–Crippen LogP) is 2.88. The van der Waals surface area contributed by atoms with E-state index in [9.17, 15) is 18.0 Å². The largest absolute Gasteiger partial charge is 0.454 e. The van der Waals surface area contributed by atoms with E-state index in [1.54, 1.807) is 18.2 Å². The van der Waals surface area contributed by atoms with E-state index in [0.717, 1.165) is 6.42 Å². The second-order valence-electron chi connectivity index (χ2n) is 8.48. The van der Waals surface area contributed by atoms with Crippen LogP contribution in [0.3, 0.4) is 0 Å². The van der Waals surface area contributed by atoms with Crippen molar-refractivity contribution in [2.75, 3.05) is 31.8 Å². The zero-order valence-corrected chi connectivity index (χ0v) is 19.3. The fourth-order valence-corrected chi connectivity index (χ4v) is 5.78. The van der Waals surface area contributed by atoms with Crippen LogP contribution in [0.25, 0.3) is 0 Å². The number of nitrogens with one attached hydrogen (secondary N) is 1. The van der Waals surface area contributed by atoms with Gasteiger partial charge in [0.15, 0.2) is 18.1 Å². The first-order valence-electron chi connectivity index (χ1n) is 10.7. The second-order valence-corrected chi connectivity index (χ2v) is 10.4. The lowest BCUT2D eigenvalue weighted by Crippen LogP contribution is -2.42. The number of benzene rings is 2. The molecule has 2 aromatic rings. The van der Waals surface area contributed by atoms with Crippen LogP contribution < -0.4 is 14.8 Å². The molecule has 9 nitrogen and oxygen atoms in total. The number of anilines is 1. The monoisotopic (exact) mass is 474 g/mol. The summed E-state index contributed by atoms with van der Waals surface area (Å²) < 4.78 is 42.9. The Morgan fingerprint density at radius 3 is 2.39 bits per heavy atom. The smallest absolute Gasteiger partial charge is 0.338 e. The van der Waals surface area contributed by atoms with E-state index in [4.69, 9.17) is 14.2 Å². The number of carbonyl (C=O) groups is 2. The SMILES string of the molecule is C[C@H]1C[C@H](C)CN(S(=O)(=O)c2ccc(C(=O)OCC(=O)Nc3ccc4c(c3)OCO4)cc2)C1. The first kappa shape index (κ1) is 23.1. The van der Waals surface area contributed by atoms with Crippen molar-refractivity contribution >= 4 is 27.6 Å². The normalized spacial score (nSPS) is 20.3. The average Bonchev–Trinajstić information content (AvgIpc) is 3.25. The van der Waals surface area contributed by atoms with Crippen LogP contribution >= 0.6 is 0 Å². The maximum absolute atomic E-state index is 13.0. The summed E-state index contributed by atoms with van der Waals surface area (Å²) in [5.41, 5.74) is 0.640. The van der Waals surface area contributed by atoms with Gasteiger partial charge in [-0.3, -0.25) is 4.79 Å². The number of fused-ring (bicyclic) bond motifs is 1. The van der Waals surface area contributed by atoms with Crippen molar-refractivity contribution in [3.05, 3.63) is 48.0 Å². The molecule has 2 aliphatic rings. The molecule has 1 fully saturated rings. The van der Waals surface area contributed by atoms with Crippen molar-refractivity contribution in [2.24, 2.45) is 11.8 Å². The van der Waals surface area contributed by atoms with E-state index < -0.39 is 28.5 Å². The summed E-state index contributed by atoms with van der Waals surface area (Å²) in [6, 6.07) is 10.5. The van der Waals surface area contributed by atoms with Gasteiger partial charge in [0.05, 0.1) is 10.5 Å². The van der Waals surface area contributed by atoms with Crippen LogP contribution in [0.2, 0.25) is 0 Å². The van der Waals surface area contributed by atoms with Gasteiger partial charge in [-0.15, -0.1) is 0 Å². The molecule has 4 rings (SSSR count). The lowest BCUT2D eigenvalue weighted by Gasteiger charge is -2.34. The Labute approximate surface area is 192 Å². The fourth-order valence-electron chi connectivity index (χ4n) is 4.10. The van der Waals surface area contributed by atoms with Crippen molar-refractivity contribution in [1.29, 1.82) is 0 Å². The van der Waals surface area contributed by atoms with Crippen molar-refractivity contribution in [1.82, 2.24) is 4.31 Å². The number of amides is 1. The molecule has 0 saturated carbocycles. The van der Waals surface area contributed by atoms with Crippen LogP contribution in [0.1, 0.15) is 30.6 Å². The summed E-state index contributed by atoms with van der Waals surface area (Å²) >= 11 is 0. The second kappa shape index (κ2) is 9.40. The number of sulfonamides is 1. The highest BCUT2D eigenvalue weighted by molar-refractivity contribution is 7.89. The van der Waals surface area contributed by atoms with E-state index in [0.29, 0.717) is 42.1 Å². The van der Waals surface area contributed by atoms with Crippen LogP contribution in [-0.2, 0) is 19.6 Å². The molecule has 2 atom stereocenters. The minimum atomic E-state index is -3.64. The molecule has 0 unspecified atom stereocenters. The summed E-state index contributed by atoms with van der Waals surface area (Å²) in [6.07, 6.45) is 0.999. The Morgan fingerprint density at radius 1 is 1.03 bits per heavy atom. The van der Waals surface area contributed by atoms with Gasteiger partial charge in [-0.1, -0.05) is 13.8 Å². The zero-order valence-electron chi connectivity index (χ0n) is 18.4. The Morgan fingerprint density at radius 2 is 1.70 bits per heavy atom. The minimum absolute atomic E-state index is 0.126. The molecule has 176 valence electrons. The van der Waals surface area contributed by atoms with Crippen LogP contribution in [0, 0.1) is 11.8 Å². The third-order valence-corrected chi connectivity index (χ3v) is 7.40. The van der Waals surface area contributed by atoms with Gasteiger partial charge in [-0.25, -0.2) is 13.2 Å². The molecule has 2 aromatic carbocycles. The van der Waals surface area contributed by atoms with Crippen LogP contribution in [0.4, 0.5) is 5.69 Å². The molecule has 1 amide bonds. The van der Waals surface area contributed by atoms with E-state index in [2.05, 4.69) is 5.32 Å². The number of esters is 1. The van der Waals surface area contributed by atoms with Gasteiger partial charge in [0, 0.05) is 24.8 Å². The molecule has 33 heavy (non-hydrogen) atoms. The Kier molecular flexibility index (Phi) is 6.57. The summed E-state index contributed by atoms with van der Waals surface area (Å²) in [4.78, 5) is 24.5. The summed E-state index contributed by atoms with van der Waals surface area (Å²) in [5, 5.41) is 2.61. The standard InChI is InChI=1S/C23H26N2O7S/c1-15-9-16(2)12-25(11-15)33(28,29)19-6-3-17(4-7-19)23(27)30-13-22(26)24-18-5-8-20-21(10-18)32-14-31-20/h3-8,10,15-16H,9,11-14H2,1-2H3,(H,24,26)/t15-,16-/m0/s1. The number of ether oxygens (including phenoxy) is 3. The maximum Gasteiger partial charge on any atom is 0.338 e. The third-order valence-electron chi connectivity index (χ3n) is 5.55. The minimum Gasteiger partial charge on any atom is -0.454 e. The van der Waals surface area contributed by atoms with Crippen molar-refractivity contribution in [3.63, 3.8) is 0 Å². The molecule has 2 aliphatic heterocycles. The molecule has 0 radical (unpaired) electrons. The Balaban J connectivity index is 1.33. The molecular weight excluding hydrogens is 448 g/mol. The number of nitrogens with zero attached hydrogens (tertiary/aromatic N) is 1. The van der Waals surface area contributed by atoms with Gasteiger partial charge in [0.1, 0.15) is 0 Å². The van der Waals surface area contributed by atoms with Crippen LogP contribution in [0.5, 0.6) is 11.5 Å². The fraction of sp³-hybridized carbons (Fsp3) is 0.391. The highest BCUT2D eigenvalue weighted by Crippen LogP contribution is 2.34. The van der Waals surface area contributed by atoms with Gasteiger partial charge >= 0.3 is 5.97 Å². The molecule has 1 N–H and O–H groups in total. The van der Waals surface area contributed by atoms with Crippen molar-refractivity contribution in [3.8, 4) is 11.5 Å². The molecular formula is C23H26N2O7S. The molecule has 0 spiro atoms. The highest BCUT2D eigenvalue weighted by Gasteiger charge is 2.31. The van der Waals surface area contributed by atoms with E-state index in [-0.39, 0.29) is 17.3 Å². The maximum atomic E-state index is 13.0. The van der Waals surface area contributed by atoms with E-state index in [1.807, 2.05) is 13.8 Å². The lowest BCUT2D eigenvalue weighted by molar-refractivity contribution is -0.119. The summed E-state index contributed by atoms with van der Waals surface area (Å²) in [5.74, 6) is 0.459. The quantitative estimate of drug-likeness (QED) is 0.641. The Bertz CT molecular complexity index is 1140. The first-order chi connectivity index (χ1) is 15.7. The first-order valence-corrected chi connectivity index (χ1v) is 12.1. The summed E-state index contributed by atoms with van der Waals surface area (Å²) in [7, 11) is -3.64. The van der Waals surface area contributed by atoms with Crippen molar-refractivity contribution < 1.29 is 32.2 Å². The average molecular weight is 475 g/mol. The summed E-state index contributed by atoms with van der Waals surface area (Å²) in [6.45, 7) is 4.68. The molecule has 0 aliphatic carbocycles. The highest BCUT2D eigenvalue weighted by atomic mass is 32.2. The van der Waals surface area contributed by atoms with Gasteiger partial charge in [-0.2, -0.15) is 4.31 Å². The molecule has 10 heteroatoms. The lowest BCUT2D eigenvalue weighted by atomic mass is 9.94. The topological polar surface area (TPSA) is 111 Å². The van der Waals surface area contributed by atoms with Gasteiger partial charge in [0.2, 0.25) is 16.8 Å². The Hall–Kier alpha value is -3.11. The van der Waals surface area contributed by atoms with Crippen molar-refractivity contribution in [2.45, 2.75) is 25.2 Å². The van der Waals surface area contributed by atoms with E-state index in [1.165, 1.54) is 28.6 Å². The molecule has 1 saturated heterocycles. The van der Waals surface area contributed by atoms with E-state index >= 15 is 0 Å². The van der Waals surface area contributed by atoms with Gasteiger partial charge < -0.3 is 19.5 Å². The molecule has 0 aromatic heterocycles. The van der Waals surface area contributed by atoms with Gasteiger partial charge in [-0.05, 0) is 54.7 Å². The molecule has 0 bridgehead atoms. The third kappa shape index (κ3) is 5.28. The number of rotatable bonds is 6. The zero-order chi connectivity index (χ0) is 23.6. The number of hydrogen-bond acceptors (Lipinski definition) is 7. The van der Waals surface area contributed by atoms with Crippen LogP contribution in [0.15, 0.2) is 47.4 Å².